The largest absolute Gasteiger partial charge is 0.448 e. The minimum Gasteiger partial charge on any atom is -0.448 e. The molecule has 1 amide bonds. The van der Waals surface area contributed by atoms with E-state index in [0.717, 1.165) is 11.3 Å². The quantitative estimate of drug-likeness (QED) is 0.530. The number of carbonyl (C=O) groups is 2. The number of amides is 1. The van der Waals surface area contributed by atoms with E-state index in [2.05, 4.69) is 5.32 Å². The maximum atomic E-state index is 13.8. The molecule has 33 heavy (non-hydrogen) atoms. The van der Waals surface area contributed by atoms with Crippen molar-refractivity contribution in [3.63, 3.8) is 0 Å². The molecular weight excluding hydrogens is 471 g/mol. The fourth-order valence-corrected chi connectivity index (χ4v) is 5.65. The van der Waals surface area contributed by atoms with Gasteiger partial charge in [0, 0.05) is 28.9 Å². The Bertz CT molecular complexity index is 1280. The van der Waals surface area contributed by atoms with Crippen molar-refractivity contribution in [3.8, 4) is 0 Å². The monoisotopic (exact) mass is 492 g/mol. The van der Waals surface area contributed by atoms with Gasteiger partial charge in [-0.05, 0) is 49.4 Å². The van der Waals surface area contributed by atoms with E-state index >= 15 is 0 Å². The summed E-state index contributed by atoms with van der Waals surface area (Å²) in [7, 11) is -3.64. The number of nitrogens with one attached hydrogen (secondary N) is 1. The first kappa shape index (κ1) is 23.3. The zero-order valence-corrected chi connectivity index (χ0v) is 19.2. The number of hydrogen-bond donors (Lipinski definition) is 1. The van der Waals surface area contributed by atoms with E-state index < -0.39 is 33.8 Å². The maximum Gasteiger partial charge on any atom is 0.349 e. The molecule has 8 nitrogen and oxygen atoms in total. The number of ether oxygens (including phenoxy) is 2. The predicted molar refractivity (Wildman–Crippen MR) is 121 cm³/mol. The summed E-state index contributed by atoms with van der Waals surface area (Å²) in [5.41, 5.74) is 0.354. The summed E-state index contributed by atoms with van der Waals surface area (Å²) in [5.74, 6) is -1.75. The molecule has 3 aromatic rings. The van der Waals surface area contributed by atoms with Crippen molar-refractivity contribution >= 4 is 49.0 Å². The topological polar surface area (TPSA) is 102 Å². The van der Waals surface area contributed by atoms with Gasteiger partial charge in [0.1, 0.15) is 10.7 Å². The van der Waals surface area contributed by atoms with Gasteiger partial charge in [-0.25, -0.2) is 17.6 Å². The van der Waals surface area contributed by atoms with E-state index in [1.807, 2.05) is 0 Å². The van der Waals surface area contributed by atoms with Gasteiger partial charge in [-0.15, -0.1) is 11.3 Å². The van der Waals surface area contributed by atoms with Crippen LogP contribution in [-0.4, -0.2) is 57.0 Å². The summed E-state index contributed by atoms with van der Waals surface area (Å²) in [4.78, 5) is 25.2. The van der Waals surface area contributed by atoms with E-state index in [1.165, 1.54) is 47.6 Å². The highest BCUT2D eigenvalue weighted by Gasteiger charge is 2.26. The molecule has 0 bridgehead atoms. The molecule has 1 saturated heterocycles. The summed E-state index contributed by atoms with van der Waals surface area (Å²) in [5, 5.41) is 2.91. The van der Waals surface area contributed by atoms with Crippen molar-refractivity contribution in [2.45, 2.75) is 17.9 Å². The number of halogens is 1. The summed E-state index contributed by atoms with van der Waals surface area (Å²) >= 11 is 1.08. The van der Waals surface area contributed by atoms with Crippen LogP contribution in [0, 0.1) is 5.82 Å². The van der Waals surface area contributed by atoms with Crippen molar-refractivity contribution < 1.29 is 31.9 Å². The molecule has 2 aromatic carbocycles. The number of nitrogens with zero attached hydrogens (tertiary/aromatic N) is 1. The fourth-order valence-electron chi connectivity index (χ4n) is 3.29. The van der Waals surface area contributed by atoms with Gasteiger partial charge in [-0.1, -0.05) is 6.07 Å². The molecule has 1 N–H and O–H groups in total. The normalized spacial score (nSPS) is 15.8. The van der Waals surface area contributed by atoms with Gasteiger partial charge < -0.3 is 14.8 Å². The Balaban J connectivity index is 1.38. The predicted octanol–water partition coefficient (Wildman–Crippen LogP) is 3.25. The highest BCUT2D eigenvalue weighted by molar-refractivity contribution is 7.89. The third-order valence-corrected chi connectivity index (χ3v) is 8.09. The standard InChI is InChI=1S/C22H21FN2O6S2/c1-14(31-22(27)20-13-17-18(23)3-2-4-19(17)32-20)21(26)24-15-5-7-16(8-6-15)33(28,29)25-9-11-30-12-10-25/h2-8,13-14H,9-12H2,1H3,(H,24,26). The Labute approximate surface area is 194 Å². The molecule has 1 unspecified atom stereocenters. The van der Waals surface area contributed by atoms with Crippen LogP contribution in [0.2, 0.25) is 0 Å². The number of fused-ring (bicyclic) bond motifs is 1. The summed E-state index contributed by atoms with van der Waals surface area (Å²) in [6, 6.07) is 11.7. The molecule has 0 spiro atoms. The Kier molecular flexibility index (Phi) is 6.75. The smallest absolute Gasteiger partial charge is 0.349 e. The second-order valence-corrected chi connectivity index (χ2v) is 10.4. The van der Waals surface area contributed by atoms with Gasteiger partial charge in [0.25, 0.3) is 5.91 Å². The first-order valence-corrected chi connectivity index (χ1v) is 12.4. The number of thiophene rings is 1. The van der Waals surface area contributed by atoms with E-state index in [4.69, 9.17) is 9.47 Å². The van der Waals surface area contributed by atoms with Crippen LogP contribution >= 0.6 is 11.3 Å². The lowest BCUT2D eigenvalue weighted by Crippen LogP contribution is -2.40. The molecule has 1 aliphatic heterocycles. The van der Waals surface area contributed by atoms with Crippen LogP contribution in [-0.2, 0) is 24.3 Å². The van der Waals surface area contributed by atoms with Crippen LogP contribution in [0.1, 0.15) is 16.6 Å². The third-order valence-electron chi connectivity index (χ3n) is 5.09. The SMILES string of the molecule is CC(OC(=O)c1cc2c(F)cccc2s1)C(=O)Nc1ccc(S(=O)(=O)N2CCOCC2)cc1. The Morgan fingerprint density at radius 2 is 1.85 bits per heavy atom. The number of rotatable bonds is 6. The van der Waals surface area contributed by atoms with Crippen LogP contribution in [0.25, 0.3) is 10.1 Å². The lowest BCUT2D eigenvalue weighted by atomic mass is 10.2. The van der Waals surface area contributed by atoms with Crippen molar-refractivity contribution in [2.24, 2.45) is 0 Å². The number of hydrogen-bond acceptors (Lipinski definition) is 7. The second-order valence-electron chi connectivity index (χ2n) is 7.34. The van der Waals surface area contributed by atoms with Gasteiger partial charge in [-0.3, -0.25) is 4.79 Å². The van der Waals surface area contributed by atoms with Crippen LogP contribution in [0.4, 0.5) is 10.1 Å². The first-order chi connectivity index (χ1) is 15.8. The molecule has 1 aliphatic rings. The maximum absolute atomic E-state index is 13.8. The number of morpholine rings is 1. The van der Waals surface area contributed by atoms with Crippen LogP contribution in [0.15, 0.2) is 53.4 Å². The van der Waals surface area contributed by atoms with Crippen molar-refractivity contribution in [3.05, 3.63) is 59.2 Å². The van der Waals surface area contributed by atoms with Crippen molar-refractivity contribution in [2.75, 3.05) is 31.6 Å². The Morgan fingerprint density at radius 1 is 1.15 bits per heavy atom. The number of anilines is 1. The highest BCUT2D eigenvalue weighted by atomic mass is 32.2. The summed E-state index contributed by atoms with van der Waals surface area (Å²) < 4.78 is 51.6. The fraction of sp³-hybridized carbons (Fsp3) is 0.273. The molecule has 2 heterocycles. The van der Waals surface area contributed by atoms with Crippen molar-refractivity contribution in [1.29, 1.82) is 0 Å². The second kappa shape index (κ2) is 9.56. The minimum atomic E-state index is -3.64. The molecule has 0 radical (unpaired) electrons. The Hall–Kier alpha value is -2.86. The zero-order chi connectivity index (χ0) is 23.6. The Morgan fingerprint density at radius 3 is 2.52 bits per heavy atom. The molecule has 0 saturated carbocycles. The number of esters is 1. The van der Waals surface area contributed by atoms with E-state index in [-0.39, 0.29) is 22.9 Å². The molecular formula is C22H21FN2O6S2. The first-order valence-electron chi connectivity index (χ1n) is 10.1. The highest BCUT2D eigenvalue weighted by Crippen LogP contribution is 2.28. The zero-order valence-electron chi connectivity index (χ0n) is 17.6. The molecule has 0 aliphatic carbocycles. The number of sulfonamides is 1. The van der Waals surface area contributed by atoms with Crippen LogP contribution < -0.4 is 5.32 Å². The average Bonchev–Trinajstić information content (AvgIpc) is 3.26. The molecule has 1 atom stereocenters. The average molecular weight is 493 g/mol. The molecule has 11 heteroatoms. The lowest BCUT2D eigenvalue weighted by Gasteiger charge is -2.26. The van der Waals surface area contributed by atoms with E-state index in [0.29, 0.717) is 29.0 Å². The molecule has 1 aromatic heterocycles. The van der Waals surface area contributed by atoms with Gasteiger partial charge >= 0.3 is 5.97 Å². The van der Waals surface area contributed by atoms with Gasteiger partial charge in [0.15, 0.2) is 6.10 Å². The van der Waals surface area contributed by atoms with Gasteiger partial charge in [0.05, 0.1) is 18.1 Å². The van der Waals surface area contributed by atoms with Crippen LogP contribution in [0.5, 0.6) is 0 Å². The third kappa shape index (κ3) is 5.06. The molecule has 174 valence electrons. The van der Waals surface area contributed by atoms with Crippen LogP contribution in [0.3, 0.4) is 0 Å². The molecule has 1 fully saturated rings. The minimum absolute atomic E-state index is 0.110. The lowest BCUT2D eigenvalue weighted by molar-refractivity contribution is -0.123. The van der Waals surface area contributed by atoms with E-state index in [9.17, 15) is 22.4 Å². The van der Waals surface area contributed by atoms with Gasteiger partial charge in [-0.2, -0.15) is 4.31 Å². The number of carbonyl (C=O) groups excluding carboxylic acids is 2. The summed E-state index contributed by atoms with van der Waals surface area (Å²) in [6.45, 7) is 2.69. The summed E-state index contributed by atoms with van der Waals surface area (Å²) in [6.07, 6.45) is -1.12. The number of benzene rings is 2. The van der Waals surface area contributed by atoms with Crippen molar-refractivity contribution in [1.82, 2.24) is 4.31 Å². The molecule has 4 rings (SSSR count). The van der Waals surface area contributed by atoms with Gasteiger partial charge in [0.2, 0.25) is 10.0 Å². The van der Waals surface area contributed by atoms with E-state index in [1.54, 1.807) is 12.1 Å².